The molecule has 2 unspecified atom stereocenters. The second-order valence-electron chi connectivity index (χ2n) is 3.38. The van der Waals surface area contributed by atoms with Crippen LogP contribution >= 0.6 is 11.6 Å². The van der Waals surface area contributed by atoms with Crippen LogP contribution in [0.15, 0.2) is 18.2 Å². The Bertz CT molecular complexity index is 325. The normalized spacial score (nSPS) is 26.8. The third kappa shape index (κ3) is 1.63. The molecule has 0 radical (unpaired) electrons. The topological polar surface area (TPSA) is 35.2 Å². The Morgan fingerprint density at radius 2 is 2.29 bits per heavy atom. The summed E-state index contributed by atoms with van der Waals surface area (Å²) in [5, 5.41) is 0.382. The van der Waals surface area contributed by atoms with Crippen LogP contribution < -0.4 is 5.73 Å². The Morgan fingerprint density at radius 3 is 2.86 bits per heavy atom. The molecule has 2 N–H and O–H groups in total. The highest BCUT2D eigenvalue weighted by atomic mass is 35.5. The Morgan fingerprint density at radius 1 is 1.50 bits per heavy atom. The van der Waals surface area contributed by atoms with Crippen molar-refractivity contribution in [1.82, 2.24) is 0 Å². The molecule has 1 aliphatic rings. The largest absolute Gasteiger partial charge is 0.372 e. The van der Waals surface area contributed by atoms with Gasteiger partial charge in [-0.15, -0.1) is 0 Å². The minimum absolute atomic E-state index is 0.163. The molecule has 0 amide bonds. The van der Waals surface area contributed by atoms with Crippen molar-refractivity contribution < 1.29 is 9.13 Å². The van der Waals surface area contributed by atoms with E-state index in [2.05, 4.69) is 0 Å². The summed E-state index contributed by atoms with van der Waals surface area (Å²) in [5.74, 6) is -0.347. The summed E-state index contributed by atoms with van der Waals surface area (Å²) in [7, 11) is 0. The summed E-state index contributed by atoms with van der Waals surface area (Å²) in [5.41, 5.74) is 6.19. The van der Waals surface area contributed by atoms with E-state index in [1.165, 1.54) is 6.07 Å². The first-order valence-corrected chi connectivity index (χ1v) is 4.89. The van der Waals surface area contributed by atoms with Crippen molar-refractivity contribution in [1.29, 1.82) is 0 Å². The molecule has 0 bridgehead atoms. The van der Waals surface area contributed by atoms with Crippen molar-refractivity contribution in [2.45, 2.75) is 18.6 Å². The fraction of sp³-hybridized carbons (Fsp3) is 0.400. The van der Waals surface area contributed by atoms with Gasteiger partial charge in [-0.2, -0.15) is 0 Å². The second-order valence-corrected chi connectivity index (χ2v) is 3.79. The molecule has 1 saturated heterocycles. The SMILES string of the molecule is NC1CCOC1c1c(F)cccc1Cl. The molecule has 4 heteroatoms. The lowest BCUT2D eigenvalue weighted by atomic mass is 10.0. The van der Waals surface area contributed by atoms with Gasteiger partial charge in [0, 0.05) is 23.2 Å². The van der Waals surface area contributed by atoms with Crippen LogP contribution in [0.4, 0.5) is 4.39 Å². The smallest absolute Gasteiger partial charge is 0.130 e. The Balaban J connectivity index is 2.39. The lowest BCUT2D eigenvalue weighted by Gasteiger charge is -2.16. The molecular formula is C10H11ClFNO. The third-order valence-electron chi connectivity index (χ3n) is 2.42. The minimum atomic E-state index is -0.399. The summed E-state index contributed by atoms with van der Waals surface area (Å²) in [6, 6.07) is 4.43. The fourth-order valence-electron chi connectivity index (χ4n) is 1.69. The van der Waals surface area contributed by atoms with Crippen LogP contribution in [0.25, 0.3) is 0 Å². The van der Waals surface area contributed by atoms with Gasteiger partial charge in [-0.05, 0) is 18.6 Å². The van der Waals surface area contributed by atoms with Gasteiger partial charge < -0.3 is 10.5 Å². The van der Waals surface area contributed by atoms with Crippen LogP contribution in [0.2, 0.25) is 5.02 Å². The molecule has 76 valence electrons. The van der Waals surface area contributed by atoms with Gasteiger partial charge in [0.25, 0.3) is 0 Å². The summed E-state index contributed by atoms with van der Waals surface area (Å²) >= 11 is 5.90. The van der Waals surface area contributed by atoms with E-state index in [4.69, 9.17) is 22.1 Å². The number of halogens is 2. The molecule has 0 aromatic heterocycles. The summed E-state index contributed by atoms with van der Waals surface area (Å²) in [4.78, 5) is 0. The molecule has 1 aromatic rings. The summed E-state index contributed by atoms with van der Waals surface area (Å²) in [6.07, 6.45) is 0.346. The lowest BCUT2D eigenvalue weighted by Crippen LogP contribution is -2.24. The van der Waals surface area contributed by atoms with E-state index in [0.29, 0.717) is 17.2 Å². The van der Waals surface area contributed by atoms with Crippen molar-refractivity contribution >= 4 is 11.6 Å². The number of ether oxygens (including phenoxy) is 1. The van der Waals surface area contributed by atoms with Crippen LogP contribution in [-0.2, 0) is 4.74 Å². The molecule has 0 aliphatic carbocycles. The molecule has 0 spiro atoms. The van der Waals surface area contributed by atoms with E-state index in [1.807, 2.05) is 0 Å². The van der Waals surface area contributed by atoms with Crippen molar-refractivity contribution in [3.63, 3.8) is 0 Å². The highest BCUT2D eigenvalue weighted by Gasteiger charge is 2.30. The molecule has 2 rings (SSSR count). The predicted octanol–water partition coefficient (Wildman–Crippen LogP) is 2.27. The van der Waals surface area contributed by atoms with Gasteiger partial charge in [0.15, 0.2) is 0 Å². The van der Waals surface area contributed by atoms with Crippen molar-refractivity contribution in [2.75, 3.05) is 6.61 Å². The van der Waals surface area contributed by atoms with E-state index in [1.54, 1.807) is 12.1 Å². The van der Waals surface area contributed by atoms with Crippen molar-refractivity contribution in [3.05, 3.63) is 34.6 Å². The number of hydrogen-bond donors (Lipinski definition) is 1. The molecule has 1 heterocycles. The van der Waals surface area contributed by atoms with Crippen LogP contribution in [0.1, 0.15) is 18.1 Å². The quantitative estimate of drug-likeness (QED) is 0.780. The van der Waals surface area contributed by atoms with E-state index in [9.17, 15) is 4.39 Å². The zero-order chi connectivity index (χ0) is 10.1. The number of rotatable bonds is 1. The standard InChI is InChI=1S/C10H11ClFNO/c11-6-2-1-3-7(12)9(6)10-8(13)4-5-14-10/h1-3,8,10H,4-5,13H2. The summed E-state index contributed by atoms with van der Waals surface area (Å²) < 4.78 is 18.8. The molecule has 1 fully saturated rings. The maximum Gasteiger partial charge on any atom is 0.130 e. The fourth-order valence-corrected chi connectivity index (χ4v) is 1.96. The minimum Gasteiger partial charge on any atom is -0.372 e. The summed E-state index contributed by atoms with van der Waals surface area (Å²) in [6.45, 7) is 0.566. The van der Waals surface area contributed by atoms with E-state index >= 15 is 0 Å². The maximum atomic E-state index is 13.5. The zero-order valence-corrected chi connectivity index (χ0v) is 8.30. The van der Waals surface area contributed by atoms with Crippen LogP contribution in [0.5, 0.6) is 0 Å². The Labute approximate surface area is 86.8 Å². The third-order valence-corrected chi connectivity index (χ3v) is 2.75. The first kappa shape index (κ1) is 9.90. The maximum absolute atomic E-state index is 13.5. The lowest BCUT2D eigenvalue weighted by molar-refractivity contribution is 0.102. The molecule has 1 aromatic carbocycles. The van der Waals surface area contributed by atoms with Gasteiger partial charge in [-0.25, -0.2) is 4.39 Å². The number of benzene rings is 1. The molecule has 14 heavy (non-hydrogen) atoms. The molecular weight excluding hydrogens is 205 g/mol. The molecule has 2 nitrogen and oxygen atoms in total. The van der Waals surface area contributed by atoms with Crippen LogP contribution in [0, 0.1) is 5.82 Å². The van der Waals surface area contributed by atoms with Gasteiger partial charge in [0.2, 0.25) is 0 Å². The highest BCUT2D eigenvalue weighted by molar-refractivity contribution is 6.31. The van der Waals surface area contributed by atoms with E-state index < -0.39 is 6.10 Å². The molecule has 2 atom stereocenters. The zero-order valence-electron chi connectivity index (χ0n) is 7.54. The molecule has 0 saturated carbocycles. The second kappa shape index (κ2) is 3.85. The first-order valence-electron chi connectivity index (χ1n) is 4.51. The number of hydrogen-bond acceptors (Lipinski definition) is 2. The van der Waals surface area contributed by atoms with Gasteiger partial charge >= 0.3 is 0 Å². The monoisotopic (exact) mass is 215 g/mol. The van der Waals surface area contributed by atoms with E-state index in [0.717, 1.165) is 6.42 Å². The van der Waals surface area contributed by atoms with Gasteiger partial charge in [-0.1, -0.05) is 17.7 Å². The van der Waals surface area contributed by atoms with Crippen LogP contribution in [-0.4, -0.2) is 12.6 Å². The van der Waals surface area contributed by atoms with Crippen molar-refractivity contribution in [3.8, 4) is 0 Å². The van der Waals surface area contributed by atoms with Gasteiger partial charge in [0.05, 0.1) is 0 Å². The molecule has 1 aliphatic heterocycles. The van der Waals surface area contributed by atoms with Crippen LogP contribution in [0.3, 0.4) is 0 Å². The average molecular weight is 216 g/mol. The first-order chi connectivity index (χ1) is 6.70. The average Bonchev–Trinajstić information content (AvgIpc) is 2.52. The Hall–Kier alpha value is -0.640. The van der Waals surface area contributed by atoms with Crippen molar-refractivity contribution in [2.24, 2.45) is 5.73 Å². The van der Waals surface area contributed by atoms with Gasteiger partial charge in [0.1, 0.15) is 11.9 Å². The van der Waals surface area contributed by atoms with E-state index in [-0.39, 0.29) is 11.9 Å². The predicted molar refractivity (Wildman–Crippen MR) is 52.7 cm³/mol. The highest BCUT2D eigenvalue weighted by Crippen LogP contribution is 2.34. The number of nitrogens with two attached hydrogens (primary N) is 1. The van der Waals surface area contributed by atoms with Gasteiger partial charge in [-0.3, -0.25) is 0 Å². The Kier molecular flexibility index (Phi) is 2.72.